The quantitative estimate of drug-likeness (QED) is 0.809. The van der Waals surface area contributed by atoms with Crippen molar-refractivity contribution < 1.29 is 4.79 Å². The van der Waals surface area contributed by atoms with Gasteiger partial charge in [0.2, 0.25) is 0 Å². The lowest BCUT2D eigenvalue weighted by Crippen LogP contribution is -2.25. The van der Waals surface area contributed by atoms with Crippen LogP contribution in [0.5, 0.6) is 0 Å². The minimum Gasteiger partial charge on any atom is -0.383 e. The number of hydrogen-bond acceptors (Lipinski definition) is 2. The van der Waals surface area contributed by atoms with Gasteiger partial charge in [-0.3, -0.25) is 4.79 Å². The molecule has 1 aliphatic carbocycles. The first-order chi connectivity index (χ1) is 8.69. The fourth-order valence-corrected chi connectivity index (χ4v) is 2.04. The van der Waals surface area contributed by atoms with Gasteiger partial charge in [-0.05, 0) is 44.4 Å². The second-order valence-corrected chi connectivity index (χ2v) is 5.16. The van der Waals surface area contributed by atoms with Crippen LogP contribution in [-0.4, -0.2) is 18.0 Å². The molecule has 1 amide bonds. The number of rotatable bonds is 6. The molecule has 0 heterocycles. The fourth-order valence-electron chi connectivity index (χ4n) is 2.04. The molecular formula is C15H22N2O. The predicted molar refractivity (Wildman–Crippen MR) is 74.9 cm³/mol. The highest BCUT2D eigenvalue weighted by Crippen LogP contribution is 2.20. The molecule has 1 fully saturated rings. The maximum atomic E-state index is 11.9. The van der Waals surface area contributed by atoms with Crippen LogP contribution in [0.3, 0.4) is 0 Å². The predicted octanol–water partition coefficient (Wildman–Crippen LogP) is 3.18. The van der Waals surface area contributed by atoms with Crippen LogP contribution >= 0.6 is 0 Å². The van der Waals surface area contributed by atoms with E-state index in [1.165, 1.54) is 0 Å². The molecule has 1 atom stereocenters. The second-order valence-electron chi connectivity index (χ2n) is 5.16. The number of nitrogens with one attached hydrogen (secondary N) is 2. The maximum absolute atomic E-state index is 11.9. The highest BCUT2D eigenvalue weighted by atomic mass is 16.1. The van der Waals surface area contributed by atoms with Crippen molar-refractivity contribution in [1.29, 1.82) is 0 Å². The topological polar surface area (TPSA) is 41.1 Å². The molecule has 0 bridgehead atoms. The lowest BCUT2D eigenvalue weighted by atomic mass is 10.1. The highest BCUT2D eigenvalue weighted by molar-refractivity contribution is 5.95. The third-order valence-electron chi connectivity index (χ3n) is 3.17. The molecule has 0 spiro atoms. The Hall–Kier alpha value is -1.51. The maximum Gasteiger partial charge on any atom is 0.251 e. The minimum atomic E-state index is 0.0456. The molecule has 0 radical (unpaired) electrons. The number of carbonyl (C=O) groups excluding carboxylic acids is 1. The number of carbonyl (C=O) groups is 1. The van der Waals surface area contributed by atoms with Crippen molar-refractivity contribution in [2.75, 3.05) is 5.32 Å². The van der Waals surface area contributed by atoms with Gasteiger partial charge in [-0.2, -0.15) is 0 Å². The molecule has 1 aromatic carbocycles. The third-order valence-corrected chi connectivity index (χ3v) is 3.17. The zero-order chi connectivity index (χ0) is 13.0. The average Bonchev–Trinajstić information content (AvgIpc) is 3.13. The van der Waals surface area contributed by atoms with E-state index >= 15 is 0 Å². The largest absolute Gasteiger partial charge is 0.383 e. The first kappa shape index (κ1) is 12.9. The smallest absolute Gasteiger partial charge is 0.251 e. The van der Waals surface area contributed by atoms with Crippen molar-refractivity contribution in [1.82, 2.24) is 5.32 Å². The van der Waals surface area contributed by atoms with Crippen LogP contribution < -0.4 is 10.6 Å². The third kappa shape index (κ3) is 3.76. The molecular weight excluding hydrogens is 224 g/mol. The van der Waals surface area contributed by atoms with E-state index in [2.05, 4.69) is 24.5 Å². The van der Waals surface area contributed by atoms with Crippen molar-refractivity contribution in [3.8, 4) is 0 Å². The number of hydrogen-bond donors (Lipinski definition) is 2. The Morgan fingerprint density at radius 2 is 2.22 bits per heavy atom. The summed E-state index contributed by atoms with van der Waals surface area (Å²) in [7, 11) is 0. The van der Waals surface area contributed by atoms with Gasteiger partial charge in [0.25, 0.3) is 5.91 Å². The van der Waals surface area contributed by atoms with Crippen LogP contribution in [0.15, 0.2) is 24.3 Å². The summed E-state index contributed by atoms with van der Waals surface area (Å²) in [5.41, 5.74) is 1.77. The molecule has 1 saturated carbocycles. The zero-order valence-corrected chi connectivity index (χ0v) is 11.2. The summed E-state index contributed by atoms with van der Waals surface area (Å²) in [6, 6.07) is 8.60. The van der Waals surface area contributed by atoms with Crippen molar-refractivity contribution in [2.24, 2.45) is 0 Å². The Kier molecular flexibility index (Phi) is 4.24. The van der Waals surface area contributed by atoms with Crippen LogP contribution in [-0.2, 0) is 0 Å². The molecule has 0 aliphatic heterocycles. The highest BCUT2D eigenvalue weighted by Gasteiger charge is 2.23. The van der Waals surface area contributed by atoms with Crippen LogP contribution in [0.1, 0.15) is 49.9 Å². The molecule has 98 valence electrons. The van der Waals surface area contributed by atoms with Gasteiger partial charge in [-0.25, -0.2) is 0 Å². The van der Waals surface area contributed by atoms with Gasteiger partial charge in [0.15, 0.2) is 0 Å². The molecule has 0 aromatic heterocycles. The summed E-state index contributed by atoms with van der Waals surface area (Å²) >= 11 is 0. The lowest BCUT2D eigenvalue weighted by Gasteiger charge is -2.15. The first-order valence-corrected chi connectivity index (χ1v) is 6.86. The molecule has 18 heavy (non-hydrogen) atoms. The van der Waals surface area contributed by atoms with Gasteiger partial charge in [-0.1, -0.05) is 19.4 Å². The Balaban J connectivity index is 1.97. The van der Waals surface area contributed by atoms with Gasteiger partial charge in [0, 0.05) is 23.3 Å². The molecule has 1 aliphatic rings. The summed E-state index contributed by atoms with van der Waals surface area (Å²) in [6.45, 7) is 4.35. The van der Waals surface area contributed by atoms with Crippen molar-refractivity contribution in [3.05, 3.63) is 29.8 Å². The number of benzene rings is 1. The molecule has 0 saturated heterocycles. The van der Waals surface area contributed by atoms with Crippen molar-refractivity contribution in [2.45, 2.75) is 51.6 Å². The monoisotopic (exact) mass is 246 g/mol. The summed E-state index contributed by atoms with van der Waals surface area (Å²) in [5, 5.41) is 6.44. The lowest BCUT2D eigenvalue weighted by molar-refractivity contribution is 0.0951. The Morgan fingerprint density at radius 1 is 1.44 bits per heavy atom. The van der Waals surface area contributed by atoms with Gasteiger partial charge in [0.1, 0.15) is 0 Å². The second kappa shape index (κ2) is 5.89. The molecule has 2 rings (SSSR count). The van der Waals surface area contributed by atoms with Crippen LogP contribution in [0.25, 0.3) is 0 Å². The molecule has 2 N–H and O–H groups in total. The Morgan fingerprint density at radius 3 is 2.89 bits per heavy atom. The van der Waals surface area contributed by atoms with E-state index in [0.717, 1.165) is 36.9 Å². The fraction of sp³-hybridized carbons (Fsp3) is 0.533. The first-order valence-electron chi connectivity index (χ1n) is 6.86. The van der Waals surface area contributed by atoms with Gasteiger partial charge < -0.3 is 10.6 Å². The summed E-state index contributed by atoms with van der Waals surface area (Å²) in [4.78, 5) is 11.9. The molecule has 1 aromatic rings. The van der Waals surface area contributed by atoms with E-state index in [1.54, 1.807) is 0 Å². The van der Waals surface area contributed by atoms with E-state index in [-0.39, 0.29) is 5.91 Å². The van der Waals surface area contributed by atoms with Gasteiger partial charge >= 0.3 is 0 Å². The molecule has 3 heteroatoms. The van der Waals surface area contributed by atoms with Crippen LogP contribution in [0.2, 0.25) is 0 Å². The Labute approximate surface area is 109 Å². The summed E-state index contributed by atoms with van der Waals surface area (Å²) in [5.74, 6) is 0.0456. The normalized spacial score (nSPS) is 16.1. The SMILES string of the molecule is CCCC(C)Nc1cccc(C(=O)NC2CC2)c1. The van der Waals surface area contributed by atoms with Crippen LogP contribution in [0, 0.1) is 0 Å². The summed E-state index contributed by atoms with van der Waals surface area (Å²) in [6.07, 6.45) is 4.54. The standard InChI is InChI=1S/C15H22N2O/c1-3-5-11(2)16-14-7-4-6-12(10-14)15(18)17-13-8-9-13/h4,6-7,10-11,13,16H,3,5,8-9H2,1-2H3,(H,17,18). The van der Waals surface area contributed by atoms with E-state index < -0.39 is 0 Å². The van der Waals surface area contributed by atoms with Crippen molar-refractivity contribution >= 4 is 11.6 Å². The molecule has 1 unspecified atom stereocenters. The average molecular weight is 246 g/mol. The van der Waals surface area contributed by atoms with Gasteiger partial charge in [-0.15, -0.1) is 0 Å². The zero-order valence-electron chi connectivity index (χ0n) is 11.2. The summed E-state index contributed by atoms with van der Waals surface area (Å²) < 4.78 is 0. The van der Waals surface area contributed by atoms with Crippen molar-refractivity contribution in [3.63, 3.8) is 0 Å². The van der Waals surface area contributed by atoms with E-state index in [0.29, 0.717) is 12.1 Å². The number of anilines is 1. The van der Waals surface area contributed by atoms with Gasteiger partial charge in [0.05, 0.1) is 0 Å². The van der Waals surface area contributed by atoms with Crippen LogP contribution in [0.4, 0.5) is 5.69 Å². The Bertz CT molecular complexity index is 413. The minimum absolute atomic E-state index is 0.0456. The number of amides is 1. The molecule has 3 nitrogen and oxygen atoms in total. The van der Waals surface area contributed by atoms with E-state index in [9.17, 15) is 4.79 Å². The van der Waals surface area contributed by atoms with E-state index in [1.807, 2.05) is 24.3 Å². The van der Waals surface area contributed by atoms with E-state index in [4.69, 9.17) is 0 Å².